The maximum atomic E-state index is 8.89. The molecular weight excluding hydrogens is 220 g/mol. The first-order chi connectivity index (χ1) is 3.46. The molecule has 0 aromatic heterocycles. The van der Waals surface area contributed by atoms with Gasteiger partial charge in [-0.15, -0.1) is 0 Å². The van der Waals surface area contributed by atoms with Gasteiger partial charge in [-0.3, -0.25) is 0 Å². The maximum absolute atomic E-state index is 8.89. The Balaban J connectivity index is -0.0000000112. The van der Waals surface area contributed by atoms with Gasteiger partial charge in [0.1, 0.15) is 0 Å². The van der Waals surface area contributed by atoms with Crippen molar-refractivity contribution in [1.82, 2.24) is 0 Å². The molecular formula is C3H4ClNa3O5. The van der Waals surface area contributed by atoms with Crippen LogP contribution in [0.1, 0.15) is 6.92 Å². The summed E-state index contributed by atoms with van der Waals surface area (Å²) < 4.78 is 0. The third-order valence-electron chi connectivity index (χ3n) is 0. The molecule has 0 saturated carbocycles. The van der Waals surface area contributed by atoms with Crippen LogP contribution < -0.4 is 111 Å². The predicted octanol–water partition coefficient (Wildman–Crippen LogP) is -14.3. The summed E-state index contributed by atoms with van der Waals surface area (Å²) in [5.41, 5.74) is 0. The third kappa shape index (κ3) is 355. The van der Waals surface area contributed by atoms with Crippen molar-refractivity contribution in [3.05, 3.63) is 0 Å². The normalized spacial score (nSPS) is 4.08. The van der Waals surface area contributed by atoms with Crippen molar-refractivity contribution in [2.24, 2.45) is 0 Å². The van der Waals surface area contributed by atoms with Crippen LogP contribution in [0.25, 0.3) is 0 Å². The Morgan fingerprint density at radius 2 is 1.08 bits per heavy atom. The second-order valence-corrected chi connectivity index (χ2v) is 0.757. The summed E-state index contributed by atoms with van der Waals surface area (Å²) in [5.74, 6) is -1.08. The molecule has 56 valence electrons. The fraction of sp³-hybridized carbons (Fsp3) is 0.333. The van der Waals surface area contributed by atoms with E-state index >= 15 is 0 Å². The summed E-state index contributed by atoms with van der Waals surface area (Å²) in [7, 11) is 0. The average molecular weight is 224 g/mol. The molecule has 0 fully saturated rings. The van der Waals surface area contributed by atoms with Crippen LogP contribution in [-0.2, 0) is 4.79 Å². The van der Waals surface area contributed by atoms with Gasteiger partial charge in [0.05, 0.1) is 0 Å². The molecule has 1 N–H and O–H groups in total. The van der Waals surface area contributed by atoms with E-state index in [-0.39, 0.29) is 101 Å². The van der Waals surface area contributed by atoms with Gasteiger partial charge in [-0.1, -0.05) is 0 Å². The summed E-state index contributed by atoms with van der Waals surface area (Å²) >= 11 is 0. The number of carboxylic acids is 1. The van der Waals surface area contributed by atoms with Gasteiger partial charge in [-0.05, 0) is 6.92 Å². The Bertz CT molecular complexity index is 79.9. The Hall–Kier alpha value is 2.03. The van der Waals surface area contributed by atoms with Gasteiger partial charge >= 0.3 is 88.7 Å². The number of hydrogen-bond donors (Lipinski definition) is 1. The predicted molar refractivity (Wildman–Crippen MR) is 18.7 cm³/mol. The Morgan fingerprint density at radius 1 is 1.08 bits per heavy atom. The minimum absolute atomic E-state index is 0. The molecule has 12 heavy (non-hydrogen) atoms. The number of carboxylic acid groups (broad SMARTS) is 3. The molecule has 0 aliphatic carbocycles. The van der Waals surface area contributed by atoms with E-state index in [4.69, 9.17) is 24.9 Å². The van der Waals surface area contributed by atoms with Crippen LogP contribution in [0.3, 0.4) is 0 Å². The molecule has 0 rings (SSSR count). The average Bonchev–Trinajstić information content (AvgIpc) is 1.25. The molecule has 0 heterocycles. The fourth-order valence-corrected chi connectivity index (χ4v) is 0. The number of carbonyl (C=O) groups is 2. The Morgan fingerprint density at radius 3 is 1.08 bits per heavy atom. The Labute approximate surface area is 143 Å². The van der Waals surface area contributed by atoms with Crippen LogP contribution in [0.5, 0.6) is 0 Å². The number of hydrogen-bond acceptors (Lipinski definition) is 4. The number of aliphatic carboxylic acids is 1. The first-order valence-corrected chi connectivity index (χ1v) is 1.54. The number of rotatable bonds is 0. The molecule has 0 spiro atoms. The minimum atomic E-state index is -2.08. The van der Waals surface area contributed by atoms with E-state index in [0.29, 0.717) is 0 Å². The van der Waals surface area contributed by atoms with Gasteiger partial charge in [-0.25, -0.2) is 0 Å². The number of carbonyl (C=O) groups excluding carboxylic acids is 1. The first kappa shape index (κ1) is 36.9. The van der Waals surface area contributed by atoms with Crippen LogP contribution in [0.4, 0.5) is 4.79 Å². The van der Waals surface area contributed by atoms with Crippen molar-refractivity contribution in [3.63, 3.8) is 0 Å². The molecule has 0 aromatic rings. The molecule has 0 aromatic carbocycles. The fourth-order valence-electron chi connectivity index (χ4n) is 0. The van der Waals surface area contributed by atoms with Gasteiger partial charge in [0.15, 0.2) is 0 Å². The molecule has 0 aliphatic heterocycles. The van der Waals surface area contributed by atoms with Crippen LogP contribution in [0.15, 0.2) is 0 Å². The monoisotopic (exact) mass is 224 g/mol. The van der Waals surface area contributed by atoms with Gasteiger partial charge in [-0.2, -0.15) is 0 Å². The molecule has 0 atom stereocenters. The summed E-state index contributed by atoms with van der Waals surface area (Å²) in [6.45, 7) is 0.972. The second kappa shape index (κ2) is 29.2. The van der Waals surface area contributed by atoms with Gasteiger partial charge in [0.25, 0.3) is 0 Å². The molecule has 0 bridgehead atoms. The zero-order valence-corrected chi connectivity index (χ0v) is 14.2. The van der Waals surface area contributed by atoms with Crippen molar-refractivity contribution in [2.75, 3.05) is 0 Å². The standard InChI is InChI=1S/C2H4O2.CH2O3.ClH.3Na/c1-2(3)4;2-1(3)4;;;;/h1H3,(H,3,4);(H2,2,3,4);1H;;;/q;;;3*+1/p-3. The molecule has 9 heteroatoms. The van der Waals surface area contributed by atoms with E-state index in [1.165, 1.54) is 0 Å². The maximum Gasteiger partial charge on any atom is 1.00 e. The van der Waals surface area contributed by atoms with Crippen molar-refractivity contribution < 1.29 is 126 Å². The van der Waals surface area contributed by atoms with Crippen LogP contribution in [0, 0.1) is 0 Å². The molecule has 0 aliphatic rings. The first-order valence-electron chi connectivity index (χ1n) is 1.54. The van der Waals surface area contributed by atoms with E-state index in [1.807, 2.05) is 0 Å². The van der Waals surface area contributed by atoms with Crippen LogP contribution >= 0.6 is 0 Å². The van der Waals surface area contributed by atoms with Gasteiger partial charge in [0, 0.05) is 5.97 Å². The largest absolute Gasteiger partial charge is 1.00 e. The SMILES string of the molecule is CC(=O)[O-].O=C([O-])O.[Cl-].[Na+].[Na+].[Na+]. The summed E-state index contributed by atoms with van der Waals surface area (Å²) in [6, 6.07) is 0. The van der Waals surface area contributed by atoms with Crippen molar-refractivity contribution >= 4 is 12.1 Å². The van der Waals surface area contributed by atoms with Crippen molar-refractivity contribution in [2.45, 2.75) is 6.92 Å². The van der Waals surface area contributed by atoms with Crippen molar-refractivity contribution in [3.8, 4) is 0 Å². The quantitative estimate of drug-likeness (QED) is 0.412. The molecule has 0 unspecified atom stereocenters. The van der Waals surface area contributed by atoms with E-state index in [0.717, 1.165) is 6.92 Å². The number of halogens is 1. The smallest absolute Gasteiger partial charge is 1.00 e. The zero-order valence-electron chi connectivity index (χ0n) is 7.46. The van der Waals surface area contributed by atoms with Crippen LogP contribution in [0.2, 0.25) is 0 Å². The van der Waals surface area contributed by atoms with E-state index in [2.05, 4.69) is 0 Å². The van der Waals surface area contributed by atoms with Gasteiger partial charge < -0.3 is 37.3 Å². The summed E-state index contributed by atoms with van der Waals surface area (Å²) in [5, 5.41) is 24.2. The zero-order chi connectivity index (χ0) is 7.15. The van der Waals surface area contributed by atoms with Gasteiger partial charge in [0.2, 0.25) is 6.16 Å². The van der Waals surface area contributed by atoms with E-state index < -0.39 is 12.1 Å². The topological polar surface area (TPSA) is 100 Å². The van der Waals surface area contributed by atoms with Crippen molar-refractivity contribution in [1.29, 1.82) is 0 Å². The molecule has 0 amide bonds. The molecule has 5 nitrogen and oxygen atoms in total. The van der Waals surface area contributed by atoms with Crippen LogP contribution in [-0.4, -0.2) is 17.2 Å². The molecule has 0 saturated heterocycles. The third-order valence-corrected chi connectivity index (χ3v) is 0. The minimum Gasteiger partial charge on any atom is -1.00 e. The summed E-state index contributed by atoms with van der Waals surface area (Å²) in [4.78, 5) is 17.3. The van der Waals surface area contributed by atoms with E-state index in [9.17, 15) is 0 Å². The van der Waals surface area contributed by atoms with E-state index in [1.54, 1.807) is 0 Å². The Kier molecular flexibility index (Phi) is 90.0. The molecule has 0 radical (unpaired) electrons. The summed E-state index contributed by atoms with van der Waals surface area (Å²) in [6.07, 6.45) is -2.08. The second-order valence-electron chi connectivity index (χ2n) is 0.757.